The van der Waals surface area contributed by atoms with E-state index in [9.17, 15) is 4.79 Å². The van der Waals surface area contributed by atoms with E-state index in [0.29, 0.717) is 37.2 Å². The van der Waals surface area contributed by atoms with Crippen LogP contribution in [0, 0.1) is 5.92 Å². The van der Waals surface area contributed by atoms with E-state index in [0.717, 1.165) is 27.8 Å². The zero-order chi connectivity index (χ0) is 21.2. The molecule has 2 fully saturated rings. The second-order valence-corrected chi connectivity index (χ2v) is 8.85. The van der Waals surface area contributed by atoms with Gasteiger partial charge in [-0.3, -0.25) is 0 Å². The highest BCUT2D eigenvalue weighted by atomic mass is 79.9. The first-order valence-corrected chi connectivity index (χ1v) is 10.6. The molecule has 1 aliphatic heterocycles. The number of benzene rings is 1. The number of anilines is 2. The van der Waals surface area contributed by atoms with Gasteiger partial charge < -0.3 is 25.6 Å². The molecule has 1 saturated heterocycles. The number of halogens is 1. The Bertz CT molecular complexity index is 1300. The van der Waals surface area contributed by atoms with Crippen molar-refractivity contribution in [2.24, 2.45) is 5.92 Å². The van der Waals surface area contributed by atoms with Crippen LogP contribution in [0.15, 0.2) is 34.9 Å². The Balaban J connectivity index is 1.29. The topological polar surface area (TPSA) is 136 Å². The molecule has 31 heavy (non-hydrogen) atoms. The molecule has 12 heteroatoms. The summed E-state index contributed by atoms with van der Waals surface area (Å²) >= 11 is 3.50. The molecule has 11 nitrogen and oxygen atoms in total. The van der Waals surface area contributed by atoms with Gasteiger partial charge >= 0.3 is 6.09 Å². The molecule has 4 N–H and O–H groups in total. The number of hydrogen-bond donors (Lipinski definition) is 4. The fourth-order valence-corrected chi connectivity index (χ4v) is 4.74. The Kier molecular flexibility index (Phi) is 3.88. The fraction of sp³-hybridized carbons (Fsp3) is 0.316. The van der Waals surface area contributed by atoms with E-state index in [-0.39, 0.29) is 11.5 Å². The van der Waals surface area contributed by atoms with E-state index >= 15 is 0 Å². The van der Waals surface area contributed by atoms with Crippen LogP contribution in [0.4, 0.5) is 16.7 Å². The highest BCUT2D eigenvalue weighted by molar-refractivity contribution is 9.10. The van der Waals surface area contributed by atoms with Crippen molar-refractivity contribution in [1.29, 1.82) is 0 Å². The smallest absolute Gasteiger partial charge is 0.405 e. The van der Waals surface area contributed by atoms with Crippen molar-refractivity contribution >= 4 is 50.6 Å². The van der Waals surface area contributed by atoms with E-state index in [1.807, 2.05) is 29.2 Å². The van der Waals surface area contributed by atoms with E-state index in [1.165, 1.54) is 0 Å². The third kappa shape index (κ3) is 3.05. The first-order valence-electron chi connectivity index (χ1n) is 9.86. The predicted octanol–water partition coefficient (Wildman–Crippen LogP) is 2.22. The Morgan fingerprint density at radius 2 is 2.19 bits per heavy atom. The Morgan fingerprint density at radius 1 is 1.32 bits per heavy atom. The van der Waals surface area contributed by atoms with Gasteiger partial charge in [-0.25, -0.2) is 9.78 Å². The van der Waals surface area contributed by atoms with Gasteiger partial charge in [0.2, 0.25) is 11.9 Å². The number of H-pyrrole nitrogens is 1. The molecular formula is C19H18BrN9O2. The fourth-order valence-electron chi connectivity index (χ4n) is 4.39. The van der Waals surface area contributed by atoms with E-state index in [4.69, 9.17) is 10.1 Å². The average Bonchev–Trinajstić information content (AvgIpc) is 3.09. The number of imidazole rings is 1. The number of aromatic nitrogens is 6. The van der Waals surface area contributed by atoms with Crippen LogP contribution < -0.4 is 15.5 Å². The lowest BCUT2D eigenvalue weighted by Gasteiger charge is -2.21. The van der Waals surface area contributed by atoms with Gasteiger partial charge in [-0.15, -0.1) is 0 Å². The third-order valence-electron chi connectivity index (χ3n) is 5.95. The highest BCUT2D eigenvalue weighted by Crippen LogP contribution is 2.50. The molecule has 6 rings (SSSR count). The minimum Gasteiger partial charge on any atom is -0.465 e. The first-order chi connectivity index (χ1) is 15.0. The maximum atomic E-state index is 11.2. The molecule has 2 unspecified atom stereocenters. The molecule has 0 radical (unpaired) electrons. The van der Waals surface area contributed by atoms with Crippen LogP contribution >= 0.6 is 15.9 Å². The minimum atomic E-state index is -0.993. The minimum absolute atomic E-state index is 0.281. The molecule has 1 aromatic carbocycles. The SMILES string of the molecule is O=C(O)NC12CC1CN(c1nc(NCc3nc4ccccc4[nH]3)n3ncc(Br)c3n1)C2. The molecule has 3 aromatic heterocycles. The van der Waals surface area contributed by atoms with Gasteiger partial charge in [0, 0.05) is 19.0 Å². The first kappa shape index (κ1) is 18.4. The number of aromatic amines is 1. The van der Waals surface area contributed by atoms with Crippen LogP contribution in [-0.4, -0.2) is 59.4 Å². The Morgan fingerprint density at radius 3 is 3.03 bits per heavy atom. The van der Waals surface area contributed by atoms with Crippen LogP contribution in [0.2, 0.25) is 0 Å². The van der Waals surface area contributed by atoms with Crippen molar-refractivity contribution < 1.29 is 9.90 Å². The number of fused-ring (bicyclic) bond motifs is 3. The van der Waals surface area contributed by atoms with Crippen LogP contribution in [-0.2, 0) is 6.54 Å². The van der Waals surface area contributed by atoms with Gasteiger partial charge in [0.15, 0.2) is 5.65 Å². The molecule has 2 atom stereocenters. The van der Waals surface area contributed by atoms with Crippen LogP contribution in [0.25, 0.3) is 16.7 Å². The van der Waals surface area contributed by atoms with Gasteiger partial charge in [0.1, 0.15) is 5.82 Å². The number of amides is 1. The number of piperidine rings is 1. The van der Waals surface area contributed by atoms with E-state index in [2.05, 4.69) is 46.6 Å². The molecule has 4 aromatic rings. The predicted molar refractivity (Wildman–Crippen MR) is 116 cm³/mol. The second-order valence-electron chi connectivity index (χ2n) is 8.00. The van der Waals surface area contributed by atoms with Gasteiger partial charge in [-0.2, -0.15) is 19.6 Å². The summed E-state index contributed by atoms with van der Waals surface area (Å²) in [6.45, 7) is 1.70. The van der Waals surface area contributed by atoms with Crippen LogP contribution in [0.1, 0.15) is 12.2 Å². The summed E-state index contributed by atoms with van der Waals surface area (Å²) < 4.78 is 2.39. The zero-order valence-electron chi connectivity index (χ0n) is 16.2. The quantitative estimate of drug-likeness (QED) is 0.339. The van der Waals surface area contributed by atoms with Crippen molar-refractivity contribution in [3.63, 3.8) is 0 Å². The summed E-state index contributed by atoms with van der Waals surface area (Å²) in [5, 5.41) is 19.5. The summed E-state index contributed by atoms with van der Waals surface area (Å²) in [4.78, 5) is 30.4. The monoisotopic (exact) mass is 483 g/mol. The van der Waals surface area contributed by atoms with Gasteiger partial charge in [-0.05, 0) is 34.5 Å². The molecule has 4 heterocycles. The lowest BCUT2D eigenvalue weighted by Crippen LogP contribution is -2.41. The summed E-state index contributed by atoms with van der Waals surface area (Å²) in [5.74, 6) is 2.14. The number of hydrogen-bond acceptors (Lipinski definition) is 7. The molecule has 1 aliphatic carbocycles. The summed E-state index contributed by atoms with van der Waals surface area (Å²) in [6.07, 6.45) is 1.54. The average molecular weight is 484 g/mol. The van der Waals surface area contributed by atoms with E-state index in [1.54, 1.807) is 10.7 Å². The van der Waals surface area contributed by atoms with Crippen LogP contribution in [0.5, 0.6) is 0 Å². The highest BCUT2D eigenvalue weighted by Gasteiger charge is 2.61. The van der Waals surface area contributed by atoms with Crippen molar-refractivity contribution in [3.8, 4) is 0 Å². The molecule has 0 bridgehead atoms. The molecule has 0 spiro atoms. The number of carbonyl (C=O) groups is 1. The summed E-state index contributed by atoms with van der Waals surface area (Å²) in [7, 11) is 0. The maximum Gasteiger partial charge on any atom is 0.405 e. The van der Waals surface area contributed by atoms with Crippen LogP contribution in [0.3, 0.4) is 0 Å². The number of nitrogens with zero attached hydrogens (tertiary/aromatic N) is 6. The van der Waals surface area contributed by atoms with Crippen molar-refractivity contribution in [3.05, 3.63) is 40.8 Å². The Hall–Kier alpha value is -3.41. The third-order valence-corrected chi connectivity index (χ3v) is 6.51. The lowest BCUT2D eigenvalue weighted by molar-refractivity contribution is 0.188. The number of nitrogens with one attached hydrogen (secondary N) is 3. The van der Waals surface area contributed by atoms with Crippen molar-refractivity contribution in [1.82, 2.24) is 34.9 Å². The molecular weight excluding hydrogens is 466 g/mol. The zero-order valence-corrected chi connectivity index (χ0v) is 17.8. The molecule has 158 valence electrons. The number of carboxylic acid groups (broad SMARTS) is 1. The number of rotatable bonds is 5. The van der Waals surface area contributed by atoms with Crippen molar-refractivity contribution in [2.45, 2.75) is 18.5 Å². The maximum absolute atomic E-state index is 11.2. The molecule has 1 amide bonds. The van der Waals surface area contributed by atoms with Gasteiger partial charge in [0.25, 0.3) is 0 Å². The molecule has 1 saturated carbocycles. The van der Waals surface area contributed by atoms with Gasteiger partial charge in [-0.1, -0.05) is 12.1 Å². The van der Waals surface area contributed by atoms with E-state index < -0.39 is 6.09 Å². The Labute approximate surface area is 184 Å². The largest absolute Gasteiger partial charge is 0.465 e. The lowest BCUT2D eigenvalue weighted by atomic mass is 10.2. The van der Waals surface area contributed by atoms with Gasteiger partial charge in [0.05, 0.1) is 33.8 Å². The number of para-hydroxylation sites is 2. The standard InChI is InChI=1S/C19H18BrN9O2/c20-11-6-22-29-15(11)25-17(28-8-10-5-19(10,9-28)27-18(30)31)26-16(29)21-7-14-23-12-3-1-2-4-13(12)24-14/h1-4,6,10,27H,5,7-9H2,(H,23,24)(H,30,31)(H,21,25,26). The summed E-state index contributed by atoms with van der Waals surface area (Å²) in [5.41, 5.74) is 2.13. The molecule has 2 aliphatic rings. The second kappa shape index (κ2) is 6.54. The summed E-state index contributed by atoms with van der Waals surface area (Å²) in [6, 6.07) is 7.86. The van der Waals surface area contributed by atoms with Crippen molar-refractivity contribution in [2.75, 3.05) is 23.3 Å². The normalized spacial score (nSPS) is 22.1.